The molecule has 5 rings (SSSR count). The predicted octanol–water partition coefficient (Wildman–Crippen LogP) is 4.98. The van der Waals surface area contributed by atoms with Gasteiger partial charge in [-0.3, -0.25) is 14.9 Å². The minimum atomic E-state index is -0.881. The van der Waals surface area contributed by atoms with Crippen LogP contribution in [0.1, 0.15) is 40.2 Å². The number of amides is 2. The molecule has 0 aromatic heterocycles. The van der Waals surface area contributed by atoms with Gasteiger partial charge in [-0.15, -0.1) is 0 Å². The largest absolute Gasteiger partial charge is 0.481 e. The Bertz CT molecular complexity index is 1240. The number of hydrogen-bond acceptors (Lipinski definition) is 4. The Labute approximate surface area is 203 Å². The molecule has 178 valence electrons. The van der Waals surface area contributed by atoms with E-state index in [1.54, 1.807) is 29.2 Å². The van der Waals surface area contributed by atoms with Crippen molar-refractivity contribution >= 4 is 23.7 Å². The average Bonchev–Trinajstić information content (AvgIpc) is 3.21. The maximum Gasteiger partial charge on any atom is 0.411 e. The number of ether oxygens (including phenoxy) is 1. The minimum absolute atomic E-state index is 0.0395. The van der Waals surface area contributed by atoms with Crippen molar-refractivity contribution in [3.05, 3.63) is 89.5 Å². The van der Waals surface area contributed by atoms with E-state index >= 15 is 0 Å². The van der Waals surface area contributed by atoms with E-state index in [0.29, 0.717) is 30.6 Å². The highest BCUT2D eigenvalue weighted by Crippen LogP contribution is 2.44. The third kappa shape index (κ3) is 4.62. The number of rotatable bonds is 5. The van der Waals surface area contributed by atoms with Crippen molar-refractivity contribution in [3.63, 3.8) is 0 Å². The summed E-state index contributed by atoms with van der Waals surface area (Å²) in [6.07, 6.45) is 0.628. The van der Waals surface area contributed by atoms with E-state index in [1.165, 1.54) is 0 Å². The van der Waals surface area contributed by atoms with Crippen LogP contribution >= 0.6 is 0 Å². The number of piperidine rings is 1. The molecule has 0 spiro atoms. The monoisotopic (exact) mass is 470 g/mol. The lowest BCUT2D eigenvalue weighted by atomic mass is 9.97. The molecule has 1 fully saturated rings. The summed E-state index contributed by atoms with van der Waals surface area (Å²) >= 11 is 0. The van der Waals surface area contributed by atoms with Crippen molar-refractivity contribution in [1.29, 1.82) is 0 Å². The molecule has 1 heterocycles. The van der Waals surface area contributed by atoms with Gasteiger partial charge in [0.1, 0.15) is 6.61 Å². The maximum absolute atomic E-state index is 12.9. The van der Waals surface area contributed by atoms with Gasteiger partial charge in [0.2, 0.25) is 0 Å². The van der Waals surface area contributed by atoms with Crippen LogP contribution in [-0.2, 0) is 9.53 Å². The summed E-state index contributed by atoms with van der Waals surface area (Å²) in [6, 6.07) is 22.9. The van der Waals surface area contributed by atoms with Gasteiger partial charge in [-0.05, 0) is 53.3 Å². The molecule has 7 nitrogen and oxygen atoms in total. The summed E-state index contributed by atoms with van der Waals surface area (Å²) in [5.41, 5.74) is 5.43. The van der Waals surface area contributed by atoms with E-state index in [1.807, 2.05) is 24.3 Å². The molecule has 1 aliphatic carbocycles. The first-order valence-electron chi connectivity index (χ1n) is 11.8. The molecule has 35 heavy (non-hydrogen) atoms. The van der Waals surface area contributed by atoms with E-state index in [9.17, 15) is 19.5 Å². The second kappa shape index (κ2) is 9.62. The lowest BCUT2D eigenvalue weighted by molar-refractivity contribution is -0.143. The van der Waals surface area contributed by atoms with Gasteiger partial charge in [-0.1, -0.05) is 54.6 Å². The van der Waals surface area contributed by atoms with Crippen LogP contribution in [0.15, 0.2) is 72.8 Å². The molecule has 1 aliphatic heterocycles. The maximum atomic E-state index is 12.9. The molecule has 2 amide bonds. The first kappa shape index (κ1) is 22.7. The minimum Gasteiger partial charge on any atom is -0.481 e. The van der Waals surface area contributed by atoms with Gasteiger partial charge in [0, 0.05) is 30.3 Å². The number of nitrogens with one attached hydrogen (secondary N) is 1. The fraction of sp³-hybridized carbons (Fsp3) is 0.250. The van der Waals surface area contributed by atoms with Crippen LogP contribution in [0, 0.1) is 5.92 Å². The third-order valence-corrected chi connectivity index (χ3v) is 6.76. The van der Waals surface area contributed by atoms with Crippen LogP contribution in [0.25, 0.3) is 11.1 Å². The number of carbonyl (C=O) groups is 3. The van der Waals surface area contributed by atoms with E-state index in [0.717, 1.165) is 22.3 Å². The fourth-order valence-electron chi connectivity index (χ4n) is 5.03. The number of carboxylic acids is 1. The summed E-state index contributed by atoms with van der Waals surface area (Å²) in [4.78, 5) is 38.4. The summed E-state index contributed by atoms with van der Waals surface area (Å²) in [5.74, 6) is -1.71. The van der Waals surface area contributed by atoms with Crippen LogP contribution in [0.2, 0.25) is 0 Å². The molecule has 2 aliphatic rings. The highest BCUT2D eigenvalue weighted by atomic mass is 16.5. The second-order valence-electron chi connectivity index (χ2n) is 8.96. The van der Waals surface area contributed by atoms with E-state index < -0.39 is 18.0 Å². The number of fused-ring (bicyclic) bond motifs is 3. The van der Waals surface area contributed by atoms with Gasteiger partial charge in [0.25, 0.3) is 5.91 Å². The molecular formula is C28H26N2O5. The van der Waals surface area contributed by atoms with E-state index in [-0.39, 0.29) is 25.0 Å². The lowest BCUT2D eigenvalue weighted by Gasteiger charge is -2.30. The molecule has 1 saturated heterocycles. The van der Waals surface area contributed by atoms with E-state index in [4.69, 9.17) is 4.74 Å². The van der Waals surface area contributed by atoms with Crippen molar-refractivity contribution in [3.8, 4) is 11.1 Å². The van der Waals surface area contributed by atoms with Crippen molar-refractivity contribution in [2.75, 3.05) is 25.0 Å². The Kier molecular flexibility index (Phi) is 6.23. The number of carbonyl (C=O) groups excluding carboxylic acids is 2. The summed E-state index contributed by atoms with van der Waals surface area (Å²) in [6.45, 7) is 0.910. The van der Waals surface area contributed by atoms with Crippen LogP contribution in [0.3, 0.4) is 0 Å². The highest BCUT2D eigenvalue weighted by molar-refractivity contribution is 5.96. The van der Waals surface area contributed by atoms with Crippen molar-refractivity contribution in [2.24, 2.45) is 5.92 Å². The molecule has 1 unspecified atom stereocenters. The van der Waals surface area contributed by atoms with Gasteiger partial charge in [-0.2, -0.15) is 0 Å². The number of anilines is 1. The van der Waals surface area contributed by atoms with Gasteiger partial charge in [0.05, 0.1) is 5.92 Å². The quantitative estimate of drug-likeness (QED) is 0.548. The van der Waals surface area contributed by atoms with Crippen LogP contribution in [0.5, 0.6) is 0 Å². The molecule has 3 aromatic carbocycles. The van der Waals surface area contributed by atoms with Crippen LogP contribution in [-0.4, -0.2) is 47.7 Å². The molecular weight excluding hydrogens is 444 g/mol. The third-order valence-electron chi connectivity index (χ3n) is 6.76. The number of hydrogen-bond donors (Lipinski definition) is 2. The van der Waals surface area contributed by atoms with Crippen LogP contribution in [0.4, 0.5) is 10.5 Å². The standard InChI is InChI=1S/C28H26N2O5/c31-26(30-14-6-8-19(16-30)27(32)33)18-7-5-9-20(15-18)29-28(34)35-17-25-23-12-3-1-10-21(23)22-11-2-4-13-24(22)25/h1-5,7,9-13,15,19,25H,6,8,14,16-17H2,(H,29,34)(H,32,33). The zero-order chi connectivity index (χ0) is 24.4. The molecule has 7 heteroatoms. The number of likely N-dealkylation sites (tertiary alicyclic amines) is 1. The predicted molar refractivity (Wildman–Crippen MR) is 131 cm³/mol. The van der Waals surface area contributed by atoms with E-state index in [2.05, 4.69) is 29.6 Å². The number of aliphatic carboxylic acids is 1. The van der Waals surface area contributed by atoms with Crippen molar-refractivity contribution in [2.45, 2.75) is 18.8 Å². The zero-order valence-corrected chi connectivity index (χ0v) is 19.1. The second-order valence-corrected chi connectivity index (χ2v) is 8.96. The fourth-order valence-corrected chi connectivity index (χ4v) is 5.03. The van der Waals surface area contributed by atoms with Gasteiger partial charge in [0.15, 0.2) is 0 Å². The number of benzene rings is 3. The topological polar surface area (TPSA) is 95.9 Å². The highest BCUT2D eigenvalue weighted by Gasteiger charge is 2.30. The number of carboxylic acid groups (broad SMARTS) is 1. The smallest absolute Gasteiger partial charge is 0.411 e. The Morgan fingerprint density at radius 3 is 2.31 bits per heavy atom. The lowest BCUT2D eigenvalue weighted by Crippen LogP contribution is -2.42. The van der Waals surface area contributed by atoms with Gasteiger partial charge in [-0.25, -0.2) is 4.79 Å². The number of nitrogens with zero attached hydrogens (tertiary/aromatic N) is 1. The SMILES string of the molecule is O=C(Nc1cccc(C(=O)N2CCCC(C(=O)O)C2)c1)OCC1c2ccccc2-c2ccccc21. The summed E-state index contributed by atoms with van der Waals surface area (Å²) < 4.78 is 5.59. The normalized spacial score (nSPS) is 16.8. The average molecular weight is 471 g/mol. The summed E-state index contributed by atoms with van der Waals surface area (Å²) in [7, 11) is 0. The molecule has 0 saturated carbocycles. The van der Waals surface area contributed by atoms with Crippen LogP contribution < -0.4 is 5.32 Å². The molecule has 3 aromatic rings. The van der Waals surface area contributed by atoms with Crippen molar-refractivity contribution < 1.29 is 24.2 Å². The summed E-state index contributed by atoms with van der Waals surface area (Å²) in [5, 5.41) is 12.0. The van der Waals surface area contributed by atoms with Gasteiger partial charge < -0.3 is 14.7 Å². The van der Waals surface area contributed by atoms with Crippen molar-refractivity contribution in [1.82, 2.24) is 4.90 Å². The molecule has 0 bridgehead atoms. The Morgan fingerprint density at radius 2 is 1.63 bits per heavy atom. The van der Waals surface area contributed by atoms with Gasteiger partial charge >= 0.3 is 12.1 Å². The zero-order valence-electron chi connectivity index (χ0n) is 19.1. The Morgan fingerprint density at radius 1 is 0.943 bits per heavy atom. The Hall–Kier alpha value is -4.13. The molecule has 0 radical (unpaired) electrons. The molecule has 1 atom stereocenters. The first-order chi connectivity index (χ1) is 17.0. The first-order valence-corrected chi connectivity index (χ1v) is 11.8. The molecule has 2 N–H and O–H groups in total. The Balaban J connectivity index is 1.23.